The zero-order valence-corrected chi connectivity index (χ0v) is 24.9. The summed E-state index contributed by atoms with van der Waals surface area (Å²) in [6, 6.07) is 3.50. The van der Waals surface area contributed by atoms with Crippen molar-refractivity contribution < 1.29 is 18.7 Å². The fourth-order valence-corrected chi connectivity index (χ4v) is 4.25. The topological polar surface area (TPSA) is 123 Å². The Hall–Kier alpha value is -3.73. The van der Waals surface area contributed by atoms with Crippen molar-refractivity contribution in [3.05, 3.63) is 58.7 Å². The zero-order chi connectivity index (χ0) is 30.4. The van der Waals surface area contributed by atoms with E-state index >= 15 is 0 Å². The Morgan fingerprint density at radius 3 is 2.40 bits per heavy atom. The van der Waals surface area contributed by atoms with Crippen molar-refractivity contribution in [1.29, 1.82) is 0 Å². The molecule has 0 saturated carbocycles. The molecule has 0 unspecified atom stereocenters. The number of rotatable bonds is 7. The van der Waals surface area contributed by atoms with Crippen LogP contribution in [0.3, 0.4) is 0 Å². The SMILES string of the molecule is CC.CC.Cc1cc(C(=O)N(C)[C@@H](C)CCCc2nc3c4cc(F)cc(F)c4nc(N)n3n2)ncc1C(C)(C)O. The third-order valence-corrected chi connectivity index (χ3v) is 6.36. The van der Waals surface area contributed by atoms with Crippen LogP contribution < -0.4 is 5.73 Å². The lowest BCUT2D eigenvalue weighted by Gasteiger charge is -2.25. The van der Waals surface area contributed by atoms with Gasteiger partial charge in [0, 0.05) is 37.3 Å². The number of fused-ring (bicyclic) bond motifs is 3. The molecule has 4 aromatic rings. The molecule has 0 aliphatic carbocycles. The minimum absolute atomic E-state index is 0.0427. The number of amides is 1. The first kappa shape index (κ1) is 32.5. The van der Waals surface area contributed by atoms with E-state index < -0.39 is 17.2 Å². The van der Waals surface area contributed by atoms with E-state index in [0.717, 1.165) is 17.7 Å². The number of aryl methyl sites for hydroxylation is 2. The van der Waals surface area contributed by atoms with E-state index in [1.807, 2.05) is 41.5 Å². The Bertz CT molecular complexity index is 1460. The first-order valence-corrected chi connectivity index (χ1v) is 13.6. The number of carbonyl (C=O) groups is 1. The van der Waals surface area contributed by atoms with Crippen LogP contribution in [-0.2, 0) is 12.0 Å². The van der Waals surface area contributed by atoms with Crippen LogP contribution in [0.15, 0.2) is 24.4 Å². The summed E-state index contributed by atoms with van der Waals surface area (Å²) < 4.78 is 29.2. The van der Waals surface area contributed by atoms with Crippen LogP contribution in [0.5, 0.6) is 0 Å². The third-order valence-electron chi connectivity index (χ3n) is 6.36. The Labute approximate surface area is 234 Å². The summed E-state index contributed by atoms with van der Waals surface area (Å²) in [4.78, 5) is 27.3. The molecule has 1 aromatic carbocycles. The number of nitrogen functional groups attached to an aromatic ring is 1. The van der Waals surface area contributed by atoms with Gasteiger partial charge in [-0.05, 0) is 58.2 Å². The van der Waals surface area contributed by atoms with Gasteiger partial charge in [-0.25, -0.2) is 18.7 Å². The number of aliphatic hydroxyl groups is 1. The van der Waals surface area contributed by atoms with Gasteiger partial charge in [-0.2, -0.15) is 4.52 Å². The summed E-state index contributed by atoms with van der Waals surface area (Å²) in [6.45, 7) is 15.1. The van der Waals surface area contributed by atoms with E-state index in [0.29, 0.717) is 36.3 Å². The predicted molar refractivity (Wildman–Crippen MR) is 154 cm³/mol. The lowest BCUT2D eigenvalue weighted by molar-refractivity contribution is 0.0718. The Kier molecular flexibility index (Phi) is 11.0. The maximum atomic E-state index is 14.1. The summed E-state index contributed by atoms with van der Waals surface area (Å²) in [5.41, 5.74) is 6.82. The van der Waals surface area contributed by atoms with Gasteiger partial charge in [0.15, 0.2) is 17.3 Å². The van der Waals surface area contributed by atoms with E-state index in [4.69, 9.17) is 5.73 Å². The molecule has 218 valence electrons. The van der Waals surface area contributed by atoms with Crippen LogP contribution in [0.2, 0.25) is 0 Å². The quantitative estimate of drug-likeness (QED) is 0.303. The molecule has 0 spiro atoms. The molecule has 11 heteroatoms. The molecule has 0 bridgehead atoms. The summed E-state index contributed by atoms with van der Waals surface area (Å²) in [5.74, 6) is -1.35. The number of hydrogen-bond donors (Lipinski definition) is 2. The molecule has 1 amide bonds. The van der Waals surface area contributed by atoms with Crippen molar-refractivity contribution in [2.45, 2.75) is 86.3 Å². The van der Waals surface area contributed by atoms with Gasteiger partial charge in [-0.15, -0.1) is 5.10 Å². The number of pyridine rings is 1. The highest BCUT2D eigenvalue weighted by atomic mass is 19.1. The van der Waals surface area contributed by atoms with Crippen molar-refractivity contribution in [2.75, 3.05) is 12.8 Å². The predicted octanol–water partition coefficient (Wildman–Crippen LogP) is 5.60. The zero-order valence-electron chi connectivity index (χ0n) is 24.9. The molecule has 3 N–H and O–H groups in total. The van der Waals surface area contributed by atoms with Gasteiger partial charge in [0.1, 0.15) is 17.0 Å². The fraction of sp³-hybridized carbons (Fsp3) is 0.483. The van der Waals surface area contributed by atoms with Gasteiger partial charge in [-0.1, -0.05) is 27.7 Å². The molecule has 0 radical (unpaired) electrons. The Balaban J connectivity index is 0.00000134. The standard InChI is InChI=1S/C25H29F2N7O2.2C2H6/c1-13-9-19(29-12-17(13)25(3,4)36)23(35)33(5)14(2)7-6-8-20-30-22-16-10-15(26)11-18(27)21(16)31-24(28)34(22)32-20;2*1-2/h9-12,14,36H,6-8H2,1-5H3,(H2,28,31);2*1-2H3/t14-;;/m0../s1. The fourth-order valence-electron chi connectivity index (χ4n) is 4.25. The molecule has 0 fully saturated rings. The van der Waals surface area contributed by atoms with Crippen LogP contribution >= 0.6 is 0 Å². The molecule has 9 nitrogen and oxygen atoms in total. The highest BCUT2D eigenvalue weighted by Gasteiger charge is 2.23. The highest BCUT2D eigenvalue weighted by Crippen LogP contribution is 2.25. The molecule has 0 aliphatic heterocycles. The number of aromatic nitrogens is 5. The van der Waals surface area contributed by atoms with E-state index in [-0.39, 0.29) is 34.4 Å². The van der Waals surface area contributed by atoms with Gasteiger partial charge < -0.3 is 15.7 Å². The molecule has 3 aromatic heterocycles. The van der Waals surface area contributed by atoms with Crippen molar-refractivity contribution in [2.24, 2.45) is 0 Å². The summed E-state index contributed by atoms with van der Waals surface area (Å²) in [6.07, 6.45) is 3.34. The van der Waals surface area contributed by atoms with Crippen molar-refractivity contribution >= 4 is 28.4 Å². The molecular weight excluding hydrogens is 516 g/mol. The van der Waals surface area contributed by atoms with Gasteiger partial charge in [-0.3, -0.25) is 9.78 Å². The first-order chi connectivity index (χ1) is 18.9. The Morgan fingerprint density at radius 1 is 1.15 bits per heavy atom. The number of nitrogens with zero attached hydrogens (tertiary/aromatic N) is 6. The number of benzene rings is 1. The highest BCUT2D eigenvalue weighted by molar-refractivity contribution is 5.93. The van der Waals surface area contributed by atoms with Crippen molar-refractivity contribution in [1.82, 2.24) is 29.5 Å². The second kappa shape index (κ2) is 13.6. The largest absolute Gasteiger partial charge is 0.386 e. The molecular formula is C29H41F2N7O2. The number of nitrogens with two attached hydrogens (primary N) is 1. The number of halogens is 2. The van der Waals surface area contributed by atoms with Gasteiger partial charge >= 0.3 is 0 Å². The number of anilines is 1. The van der Waals surface area contributed by atoms with E-state index in [1.165, 1.54) is 10.7 Å². The van der Waals surface area contributed by atoms with Crippen LogP contribution in [0.1, 0.15) is 88.7 Å². The van der Waals surface area contributed by atoms with Gasteiger partial charge in [0.25, 0.3) is 5.91 Å². The monoisotopic (exact) mass is 557 g/mol. The molecule has 3 heterocycles. The summed E-state index contributed by atoms with van der Waals surface area (Å²) >= 11 is 0. The molecule has 0 aliphatic rings. The van der Waals surface area contributed by atoms with E-state index in [1.54, 1.807) is 31.9 Å². The number of carbonyl (C=O) groups excluding carboxylic acids is 1. The summed E-state index contributed by atoms with van der Waals surface area (Å²) in [7, 11) is 1.72. The van der Waals surface area contributed by atoms with Crippen molar-refractivity contribution in [3.8, 4) is 0 Å². The lowest BCUT2D eigenvalue weighted by Crippen LogP contribution is -2.35. The van der Waals surface area contributed by atoms with Crippen LogP contribution in [0.25, 0.3) is 16.6 Å². The number of hydrogen-bond acceptors (Lipinski definition) is 7. The minimum atomic E-state index is -1.04. The van der Waals surface area contributed by atoms with Crippen molar-refractivity contribution in [3.63, 3.8) is 0 Å². The second-order valence-electron chi connectivity index (χ2n) is 9.62. The van der Waals surface area contributed by atoms with E-state index in [9.17, 15) is 18.7 Å². The lowest BCUT2D eigenvalue weighted by atomic mass is 9.95. The van der Waals surface area contributed by atoms with Crippen LogP contribution in [0.4, 0.5) is 14.7 Å². The Morgan fingerprint density at radius 2 is 1.80 bits per heavy atom. The maximum absolute atomic E-state index is 14.1. The van der Waals surface area contributed by atoms with Crippen LogP contribution in [-0.4, -0.2) is 53.6 Å². The minimum Gasteiger partial charge on any atom is -0.386 e. The molecule has 4 rings (SSSR count). The van der Waals surface area contributed by atoms with Gasteiger partial charge in [0.05, 0.1) is 11.0 Å². The maximum Gasteiger partial charge on any atom is 0.272 e. The average molecular weight is 558 g/mol. The first-order valence-electron chi connectivity index (χ1n) is 13.6. The average Bonchev–Trinajstić information content (AvgIpc) is 3.35. The normalized spacial score (nSPS) is 11.9. The molecule has 0 saturated heterocycles. The molecule has 40 heavy (non-hydrogen) atoms. The third kappa shape index (κ3) is 7.07. The van der Waals surface area contributed by atoms with E-state index in [2.05, 4.69) is 20.1 Å². The van der Waals surface area contributed by atoms with Crippen LogP contribution in [0, 0.1) is 18.6 Å². The smallest absolute Gasteiger partial charge is 0.272 e. The molecule has 1 atom stereocenters. The summed E-state index contributed by atoms with van der Waals surface area (Å²) in [5, 5.41) is 14.8. The second-order valence-corrected chi connectivity index (χ2v) is 9.62. The van der Waals surface area contributed by atoms with Gasteiger partial charge in [0.2, 0.25) is 5.95 Å².